The summed E-state index contributed by atoms with van der Waals surface area (Å²) in [6, 6.07) is 8.71. The lowest BCUT2D eigenvalue weighted by Crippen LogP contribution is -2.22. The van der Waals surface area contributed by atoms with E-state index in [1.54, 1.807) is 0 Å². The lowest BCUT2D eigenvalue weighted by Gasteiger charge is -2.25. The van der Waals surface area contributed by atoms with Gasteiger partial charge in [-0.2, -0.15) is 0 Å². The number of anilines is 1. The maximum absolute atomic E-state index is 4.74. The molecule has 3 aromatic rings. The van der Waals surface area contributed by atoms with Crippen LogP contribution in [-0.4, -0.2) is 22.0 Å². The minimum Gasteiger partial charge on any atom is -0.361 e. The lowest BCUT2D eigenvalue weighted by atomic mass is 9.96. The van der Waals surface area contributed by atoms with Crippen LogP contribution in [0.1, 0.15) is 35.5 Å². The normalized spacial score (nSPS) is 14.0. The highest BCUT2D eigenvalue weighted by atomic mass is 15.2. The van der Waals surface area contributed by atoms with Crippen LogP contribution in [0.3, 0.4) is 0 Å². The highest BCUT2D eigenvalue weighted by Crippen LogP contribution is 2.28. The molecule has 0 fully saturated rings. The first-order valence-corrected chi connectivity index (χ1v) is 8.34. The summed E-state index contributed by atoms with van der Waals surface area (Å²) in [5.74, 6) is 1.99. The van der Waals surface area contributed by atoms with Gasteiger partial charge in [-0.1, -0.05) is 12.1 Å². The summed E-state index contributed by atoms with van der Waals surface area (Å²) in [6.07, 6.45) is 6.67. The van der Waals surface area contributed by atoms with Gasteiger partial charge in [0.1, 0.15) is 11.6 Å². The third kappa shape index (κ3) is 2.69. The van der Waals surface area contributed by atoms with E-state index in [1.165, 1.54) is 40.6 Å². The number of aromatic amines is 1. The molecule has 0 spiro atoms. The average molecular weight is 306 g/mol. The molecular formula is C19H22N4. The van der Waals surface area contributed by atoms with Crippen molar-refractivity contribution in [2.24, 2.45) is 0 Å². The Labute approximate surface area is 136 Å². The van der Waals surface area contributed by atoms with E-state index in [0.717, 1.165) is 31.0 Å². The van der Waals surface area contributed by atoms with Crippen molar-refractivity contribution in [1.82, 2.24) is 15.0 Å². The van der Waals surface area contributed by atoms with Crippen molar-refractivity contribution in [3.63, 3.8) is 0 Å². The van der Waals surface area contributed by atoms with Crippen molar-refractivity contribution < 1.29 is 0 Å². The van der Waals surface area contributed by atoms with Gasteiger partial charge in [0.25, 0.3) is 0 Å². The maximum Gasteiger partial charge on any atom is 0.135 e. The number of nitrogens with one attached hydrogen (secondary N) is 1. The van der Waals surface area contributed by atoms with E-state index in [-0.39, 0.29) is 0 Å². The van der Waals surface area contributed by atoms with Crippen LogP contribution < -0.4 is 4.90 Å². The maximum atomic E-state index is 4.74. The van der Waals surface area contributed by atoms with Crippen LogP contribution in [0.4, 0.5) is 5.82 Å². The number of hydrogen-bond donors (Lipinski definition) is 1. The average Bonchev–Trinajstić information content (AvgIpc) is 3.01. The van der Waals surface area contributed by atoms with Gasteiger partial charge in [0.2, 0.25) is 0 Å². The quantitative estimate of drug-likeness (QED) is 0.801. The van der Waals surface area contributed by atoms with Gasteiger partial charge >= 0.3 is 0 Å². The monoisotopic (exact) mass is 306 g/mol. The number of aryl methyl sites for hydroxylation is 2. The molecule has 1 N–H and O–H groups in total. The van der Waals surface area contributed by atoms with Gasteiger partial charge in [0.05, 0.1) is 0 Å². The van der Waals surface area contributed by atoms with Crippen LogP contribution >= 0.6 is 0 Å². The zero-order chi connectivity index (χ0) is 15.8. The SMILES string of the molecule is Cc1nc2c(c(N(C)Cc3ccc4cc[nH]c4c3)n1)CCCC2. The van der Waals surface area contributed by atoms with Gasteiger partial charge in [-0.15, -0.1) is 0 Å². The summed E-state index contributed by atoms with van der Waals surface area (Å²) in [5, 5.41) is 1.26. The summed E-state index contributed by atoms with van der Waals surface area (Å²) in [7, 11) is 2.13. The summed E-state index contributed by atoms with van der Waals surface area (Å²) in [5.41, 5.74) is 5.09. The van der Waals surface area contributed by atoms with Crippen LogP contribution in [0.5, 0.6) is 0 Å². The van der Waals surface area contributed by atoms with E-state index < -0.39 is 0 Å². The lowest BCUT2D eigenvalue weighted by molar-refractivity contribution is 0.653. The second-order valence-corrected chi connectivity index (χ2v) is 6.48. The van der Waals surface area contributed by atoms with Gasteiger partial charge in [-0.05, 0) is 55.7 Å². The molecule has 1 aliphatic rings. The van der Waals surface area contributed by atoms with Gasteiger partial charge in [0, 0.05) is 36.6 Å². The molecule has 0 unspecified atom stereocenters. The number of H-pyrrole nitrogens is 1. The first kappa shape index (κ1) is 14.2. The molecule has 0 atom stereocenters. The number of hydrogen-bond acceptors (Lipinski definition) is 3. The van der Waals surface area contributed by atoms with Gasteiger partial charge < -0.3 is 9.88 Å². The Hall–Kier alpha value is -2.36. The van der Waals surface area contributed by atoms with E-state index in [0.29, 0.717) is 0 Å². The Morgan fingerprint density at radius 1 is 1.13 bits per heavy atom. The Bertz CT molecular complexity index is 850. The molecule has 2 aromatic heterocycles. The molecule has 23 heavy (non-hydrogen) atoms. The van der Waals surface area contributed by atoms with Crippen LogP contribution in [0.15, 0.2) is 30.5 Å². The van der Waals surface area contributed by atoms with Crippen molar-refractivity contribution >= 4 is 16.7 Å². The second kappa shape index (κ2) is 5.69. The molecule has 0 amide bonds. The molecular weight excluding hydrogens is 284 g/mol. The largest absolute Gasteiger partial charge is 0.361 e. The summed E-state index contributed by atoms with van der Waals surface area (Å²) < 4.78 is 0. The molecule has 4 heteroatoms. The van der Waals surface area contributed by atoms with Crippen molar-refractivity contribution in [2.45, 2.75) is 39.2 Å². The molecule has 1 aromatic carbocycles. The molecule has 0 radical (unpaired) electrons. The van der Waals surface area contributed by atoms with Crippen LogP contribution in [0, 0.1) is 6.92 Å². The molecule has 2 heterocycles. The zero-order valence-corrected chi connectivity index (χ0v) is 13.8. The minimum atomic E-state index is 0.859. The van der Waals surface area contributed by atoms with Crippen molar-refractivity contribution in [3.05, 3.63) is 53.1 Å². The predicted octanol–water partition coefficient (Wildman–Crippen LogP) is 3.78. The molecule has 4 rings (SSSR count). The standard InChI is InChI=1S/C19H22N4/c1-13-21-17-6-4-3-5-16(17)19(22-13)23(2)12-14-7-8-15-9-10-20-18(15)11-14/h7-11,20H,3-6,12H2,1-2H3. The van der Waals surface area contributed by atoms with Gasteiger partial charge in [0.15, 0.2) is 0 Å². The summed E-state index contributed by atoms with van der Waals surface area (Å²) >= 11 is 0. The third-order valence-corrected chi connectivity index (χ3v) is 4.67. The predicted molar refractivity (Wildman–Crippen MR) is 93.8 cm³/mol. The van der Waals surface area contributed by atoms with Gasteiger partial charge in [-0.25, -0.2) is 9.97 Å². The van der Waals surface area contributed by atoms with Crippen LogP contribution in [0.25, 0.3) is 10.9 Å². The summed E-state index contributed by atoms with van der Waals surface area (Å²) in [4.78, 5) is 15.0. The molecule has 0 aliphatic heterocycles. The minimum absolute atomic E-state index is 0.859. The van der Waals surface area contributed by atoms with Crippen LogP contribution in [-0.2, 0) is 19.4 Å². The van der Waals surface area contributed by atoms with E-state index in [1.807, 2.05) is 13.1 Å². The number of fused-ring (bicyclic) bond motifs is 2. The molecule has 0 saturated carbocycles. The molecule has 0 bridgehead atoms. The van der Waals surface area contributed by atoms with Crippen molar-refractivity contribution in [1.29, 1.82) is 0 Å². The van der Waals surface area contributed by atoms with Crippen molar-refractivity contribution in [2.75, 3.05) is 11.9 Å². The number of benzene rings is 1. The van der Waals surface area contributed by atoms with E-state index in [4.69, 9.17) is 4.98 Å². The summed E-state index contributed by atoms with van der Waals surface area (Å²) in [6.45, 7) is 2.86. The molecule has 118 valence electrons. The number of rotatable bonds is 3. The van der Waals surface area contributed by atoms with E-state index >= 15 is 0 Å². The molecule has 0 saturated heterocycles. The van der Waals surface area contributed by atoms with E-state index in [9.17, 15) is 0 Å². The first-order chi connectivity index (χ1) is 11.2. The van der Waals surface area contributed by atoms with Crippen molar-refractivity contribution in [3.8, 4) is 0 Å². The first-order valence-electron chi connectivity index (χ1n) is 8.34. The Morgan fingerprint density at radius 3 is 2.91 bits per heavy atom. The van der Waals surface area contributed by atoms with E-state index in [2.05, 4.69) is 46.2 Å². The highest BCUT2D eigenvalue weighted by molar-refractivity contribution is 5.79. The highest BCUT2D eigenvalue weighted by Gasteiger charge is 2.19. The fourth-order valence-electron chi connectivity index (χ4n) is 3.55. The number of aromatic nitrogens is 3. The smallest absolute Gasteiger partial charge is 0.135 e. The van der Waals surface area contributed by atoms with Crippen LogP contribution in [0.2, 0.25) is 0 Å². The fraction of sp³-hybridized carbons (Fsp3) is 0.368. The molecule has 4 nitrogen and oxygen atoms in total. The second-order valence-electron chi connectivity index (χ2n) is 6.48. The number of nitrogens with zero attached hydrogens (tertiary/aromatic N) is 3. The molecule has 1 aliphatic carbocycles. The Morgan fingerprint density at radius 2 is 2.00 bits per heavy atom. The Kier molecular flexibility index (Phi) is 3.52. The van der Waals surface area contributed by atoms with Gasteiger partial charge in [-0.3, -0.25) is 0 Å². The Balaban J connectivity index is 1.66. The fourth-order valence-corrected chi connectivity index (χ4v) is 3.55. The third-order valence-electron chi connectivity index (χ3n) is 4.67. The topological polar surface area (TPSA) is 44.8 Å². The zero-order valence-electron chi connectivity index (χ0n) is 13.8.